The van der Waals surface area contributed by atoms with Crippen molar-refractivity contribution >= 4 is 6.29 Å². The summed E-state index contributed by atoms with van der Waals surface area (Å²) >= 11 is 0. The summed E-state index contributed by atoms with van der Waals surface area (Å²) in [6, 6.07) is 0. The minimum atomic E-state index is 0.615. The topological polar surface area (TPSA) is 43.1 Å². The van der Waals surface area contributed by atoms with Crippen molar-refractivity contribution in [3.05, 3.63) is 11.6 Å². The third kappa shape index (κ3) is 1.67. The number of nitrogens with two attached hydrogens (primary N) is 1. The largest absolute Gasteiger partial charge is 0.330 e. The van der Waals surface area contributed by atoms with Crippen LogP contribution in [0.5, 0.6) is 0 Å². The highest BCUT2D eigenvalue weighted by Gasteiger charge is 2.11. The Hall–Kier alpha value is -0.630. The van der Waals surface area contributed by atoms with Crippen molar-refractivity contribution in [3.63, 3.8) is 0 Å². The monoisotopic (exact) mass is 139 g/mol. The van der Waals surface area contributed by atoms with Gasteiger partial charge in [0.15, 0.2) is 0 Å². The summed E-state index contributed by atoms with van der Waals surface area (Å²) < 4.78 is 0. The smallest absolute Gasteiger partial charge is 0.145 e. The Bertz CT molecular complexity index is 151. The van der Waals surface area contributed by atoms with Crippen LogP contribution < -0.4 is 5.73 Å². The molecular weight excluding hydrogens is 126 g/mol. The standard InChI is InChI=1S/C8H13NO/c9-5-7-1-3-8(6-10)4-2-7/h3,6-7H,1-2,4-5,9H2. The Balaban J connectivity index is 2.43. The van der Waals surface area contributed by atoms with E-state index in [1.807, 2.05) is 6.08 Å². The van der Waals surface area contributed by atoms with Gasteiger partial charge in [-0.15, -0.1) is 0 Å². The molecule has 0 bridgehead atoms. The molecule has 0 saturated heterocycles. The molecule has 0 spiro atoms. The van der Waals surface area contributed by atoms with Crippen molar-refractivity contribution in [1.29, 1.82) is 0 Å². The van der Waals surface area contributed by atoms with Crippen LogP contribution in [0.15, 0.2) is 11.6 Å². The van der Waals surface area contributed by atoms with Crippen LogP contribution in [0.2, 0.25) is 0 Å². The molecule has 0 aromatic rings. The first-order valence-electron chi connectivity index (χ1n) is 3.71. The Kier molecular flexibility index (Phi) is 2.63. The van der Waals surface area contributed by atoms with E-state index in [0.717, 1.165) is 37.7 Å². The molecule has 0 amide bonds. The third-order valence-electron chi connectivity index (χ3n) is 2.04. The van der Waals surface area contributed by atoms with Crippen LogP contribution in [0.25, 0.3) is 0 Å². The Morgan fingerprint density at radius 3 is 3.00 bits per heavy atom. The zero-order valence-electron chi connectivity index (χ0n) is 6.05. The van der Waals surface area contributed by atoms with E-state index in [9.17, 15) is 4.79 Å². The molecule has 1 atom stereocenters. The number of allylic oxidation sites excluding steroid dienone is 2. The van der Waals surface area contributed by atoms with Gasteiger partial charge in [0.2, 0.25) is 0 Å². The van der Waals surface area contributed by atoms with Gasteiger partial charge in [-0.1, -0.05) is 6.08 Å². The molecule has 0 saturated carbocycles. The maximum absolute atomic E-state index is 10.3. The van der Waals surface area contributed by atoms with Gasteiger partial charge in [-0.05, 0) is 37.3 Å². The first-order chi connectivity index (χ1) is 4.86. The Morgan fingerprint density at radius 1 is 1.80 bits per heavy atom. The van der Waals surface area contributed by atoms with E-state index in [1.165, 1.54) is 0 Å². The molecule has 0 aromatic heterocycles. The van der Waals surface area contributed by atoms with Crippen LogP contribution in [0.3, 0.4) is 0 Å². The minimum absolute atomic E-state index is 0.615. The molecular formula is C8H13NO. The second kappa shape index (κ2) is 3.52. The van der Waals surface area contributed by atoms with Gasteiger partial charge >= 0.3 is 0 Å². The maximum atomic E-state index is 10.3. The predicted octanol–water partition coefficient (Wildman–Crippen LogP) is 0.871. The van der Waals surface area contributed by atoms with Crippen molar-refractivity contribution in [1.82, 2.24) is 0 Å². The molecule has 1 aliphatic carbocycles. The molecule has 0 heterocycles. The van der Waals surface area contributed by atoms with Crippen LogP contribution in [0.1, 0.15) is 19.3 Å². The highest BCUT2D eigenvalue weighted by Crippen LogP contribution is 2.20. The molecule has 2 heteroatoms. The van der Waals surface area contributed by atoms with E-state index in [-0.39, 0.29) is 0 Å². The second-order valence-electron chi connectivity index (χ2n) is 2.77. The quantitative estimate of drug-likeness (QED) is 0.577. The highest BCUT2D eigenvalue weighted by molar-refractivity contribution is 5.73. The van der Waals surface area contributed by atoms with Crippen LogP contribution in [-0.2, 0) is 4.79 Å². The van der Waals surface area contributed by atoms with Gasteiger partial charge in [0.05, 0.1) is 0 Å². The average Bonchev–Trinajstić information content (AvgIpc) is 2.05. The number of hydrogen-bond acceptors (Lipinski definition) is 2. The number of hydrogen-bond donors (Lipinski definition) is 1. The van der Waals surface area contributed by atoms with Crippen molar-refractivity contribution in [2.75, 3.05) is 6.54 Å². The zero-order chi connectivity index (χ0) is 7.40. The Morgan fingerprint density at radius 2 is 2.60 bits per heavy atom. The molecule has 0 fully saturated rings. The summed E-state index contributed by atoms with van der Waals surface area (Å²) in [4.78, 5) is 10.3. The summed E-state index contributed by atoms with van der Waals surface area (Å²) in [6.45, 7) is 0.753. The highest BCUT2D eigenvalue weighted by atomic mass is 16.1. The van der Waals surface area contributed by atoms with E-state index in [1.54, 1.807) is 0 Å². The molecule has 1 unspecified atom stereocenters. The molecule has 0 radical (unpaired) electrons. The lowest BCUT2D eigenvalue weighted by atomic mass is 9.90. The first kappa shape index (κ1) is 7.48. The molecule has 2 nitrogen and oxygen atoms in total. The summed E-state index contributed by atoms with van der Waals surface area (Å²) in [6.07, 6.45) is 5.96. The fraction of sp³-hybridized carbons (Fsp3) is 0.625. The summed E-state index contributed by atoms with van der Waals surface area (Å²) in [5, 5.41) is 0. The van der Waals surface area contributed by atoms with Gasteiger partial charge in [0.25, 0.3) is 0 Å². The van der Waals surface area contributed by atoms with E-state index in [4.69, 9.17) is 5.73 Å². The van der Waals surface area contributed by atoms with Gasteiger partial charge in [-0.3, -0.25) is 4.79 Å². The van der Waals surface area contributed by atoms with E-state index in [2.05, 4.69) is 0 Å². The molecule has 1 rings (SSSR count). The number of carbonyl (C=O) groups is 1. The third-order valence-corrected chi connectivity index (χ3v) is 2.04. The Labute approximate surface area is 61.1 Å². The number of carbonyl (C=O) groups excluding carboxylic acids is 1. The van der Waals surface area contributed by atoms with Gasteiger partial charge < -0.3 is 5.73 Å². The summed E-state index contributed by atoms with van der Waals surface area (Å²) in [5.41, 5.74) is 6.42. The lowest BCUT2D eigenvalue weighted by molar-refractivity contribution is -0.105. The lowest BCUT2D eigenvalue weighted by Gasteiger charge is -2.16. The average molecular weight is 139 g/mol. The number of rotatable bonds is 2. The van der Waals surface area contributed by atoms with Crippen molar-refractivity contribution < 1.29 is 4.79 Å². The van der Waals surface area contributed by atoms with Crippen molar-refractivity contribution in [2.45, 2.75) is 19.3 Å². The SMILES string of the molecule is NCC1CC=C(C=O)CC1. The molecule has 56 valence electrons. The van der Waals surface area contributed by atoms with Crippen molar-refractivity contribution in [2.24, 2.45) is 11.7 Å². The maximum Gasteiger partial charge on any atom is 0.145 e. The first-order valence-corrected chi connectivity index (χ1v) is 3.71. The minimum Gasteiger partial charge on any atom is -0.330 e. The van der Waals surface area contributed by atoms with E-state index < -0.39 is 0 Å². The summed E-state index contributed by atoms with van der Waals surface area (Å²) in [7, 11) is 0. The molecule has 0 aliphatic heterocycles. The second-order valence-corrected chi connectivity index (χ2v) is 2.77. The van der Waals surface area contributed by atoms with Crippen LogP contribution in [-0.4, -0.2) is 12.8 Å². The van der Waals surface area contributed by atoms with Gasteiger partial charge in [0, 0.05) is 0 Å². The molecule has 10 heavy (non-hydrogen) atoms. The van der Waals surface area contributed by atoms with E-state index >= 15 is 0 Å². The van der Waals surface area contributed by atoms with Crippen molar-refractivity contribution in [3.8, 4) is 0 Å². The number of aldehydes is 1. The summed E-state index contributed by atoms with van der Waals surface area (Å²) in [5.74, 6) is 0.615. The predicted molar refractivity (Wildman–Crippen MR) is 40.5 cm³/mol. The molecule has 1 aliphatic rings. The van der Waals surface area contributed by atoms with Gasteiger partial charge in [-0.25, -0.2) is 0 Å². The van der Waals surface area contributed by atoms with Crippen LogP contribution in [0.4, 0.5) is 0 Å². The van der Waals surface area contributed by atoms with Crippen LogP contribution in [0, 0.1) is 5.92 Å². The van der Waals surface area contributed by atoms with Gasteiger partial charge in [-0.2, -0.15) is 0 Å². The van der Waals surface area contributed by atoms with Crippen LogP contribution >= 0.6 is 0 Å². The lowest BCUT2D eigenvalue weighted by Crippen LogP contribution is -2.16. The fourth-order valence-corrected chi connectivity index (χ4v) is 1.23. The molecule has 0 aromatic carbocycles. The fourth-order valence-electron chi connectivity index (χ4n) is 1.23. The van der Waals surface area contributed by atoms with E-state index in [0.29, 0.717) is 5.92 Å². The molecule has 2 N–H and O–H groups in total. The zero-order valence-corrected chi connectivity index (χ0v) is 6.05. The normalized spacial score (nSPS) is 25.7. The van der Waals surface area contributed by atoms with Gasteiger partial charge in [0.1, 0.15) is 6.29 Å².